The van der Waals surface area contributed by atoms with Crippen LogP contribution in [0.2, 0.25) is 0 Å². The Bertz CT molecular complexity index is 939. The minimum atomic E-state index is -0.791. The maximum Gasteiger partial charge on any atom is 0.261 e. The standard InChI is InChI=1S/C25H31FN2O5/c1-17(25(30)27-19-9-5-6-10-19)28(15-18-8-4-7-11-23(18)26)24(29)16-33-22-13-20(31-2)12-21(14-22)32-3/h4,7-8,11-14,17,19H,5-6,9-10,15-16H2,1-3H3,(H,27,30)/t17-/m0/s1. The zero-order valence-corrected chi connectivity index (χ0v) is 19.3. The molecule has 0 spiro atoms. The number of ether oxygens (including phenoxy) is 3. The summed E-state index contributed by atoms with van der Waals surface area (Å²) in [6, 6.07) is 10.5. The van der Waals surface area contributed by atoms with Crippen molar-refractivity contribution in [1.82, 2.24) is 10.2 Å². The fraction of sp³-hybridized carbons (Fsp3) is 0.440. The van der Waals surface area contributed by atoms with Gasteiger partial charge in [0.1, 0.15) is 29.1 Å². The van der Waals surface area contributed by atoms with Gasteiger partial charge in [0, 0.05) is 36.3 Å². The Labute approximate surface area is 193 Å². The van der Waals surface area contributed by atoms with Crippen LogP contribution in [0.4, 0.5) is 4.39 Å². The number of benzene rings is 2. The van der Waals surface area contributed by atoms with Gasteiger partial charge in [0.2, 0.25) is 5.91 Å². The Hall–Kier alpha value is -3.29. The summed E-state index contributed by atoms with van der Waals surface area (Å²) < 4.78 is 30.5. The minimum absolute atomic E-state index is 0.0461. The first-order valence-electron chi connectivity index (χ1n) is 11.1. The van der Waals surface area contributed by atoms with Crippen molar-refractivity contribution in [3.8, 4) is 17.2 Å². The average molecular weight is 459 g/mol. The molecule has 1 aliphatic carbocycles. The van der Waals surface area contributed by atoms with Crippen molar-refractivity contribution in [2.75, 3.05) is 20.8 Å². The number of rotatable bonds is 10. The van der Waals surface area contributed by atoms with Gasteiger partial charge in [0.25, 0.3) is 5.91 Å². The first kappa shape index (κ1) is 24.4. The van der Waals surface area contributed by atoms with Gasteiger partial charge < -0.3 is 24.4 Å². The van der Waals surface area contributed by atoms with E-state index in [1.54, 1.807) is 43.3 Å². The van der Waals surface area contributed by atoms with Gasteiger partial charge in [-0.3, -0.25) is 9.59 Å². The average Bonchev–Trinajstić information content (AvgIpc) is 3.34. The number of amides is 2. The fourth-order valence-corrected chi connectivity index (χ4v) is 3.88. The molecule has 0 heterocycles. The lowest BCUT2D eigenvalue weighted by molar-refractivity contribution is -0.142. The smallest absolute Gasteiger partial charge is 0.261 e. The molecule has 1 atom stereocenters. The second-order valence-corrected chi connectivity index (χ2v) is 8.12. The van der Waals surface area contributed by atoms with Crippen LogP contribution in [0.15, 0.2) is 42.5 Å². The summed E-state index contributed by atoms with van der Waals surface area (Å²) in [6.45, 7) is 1.28. The van der Waals surface area contributed by atoms with Crippen molar-refractivity contribution in [1.29, 1.82) is 0 Å². The van der Waals surface area contributed by atoms with Crippen LogP contribution < -0.4 is 19.5 Å². The van der Waals surface area contributed by atoms with E-state index in [2.05, 4.69) is 5.32 Å². The van der Waals surface area contributed by atoms with Crippen LogP contribution in [-0.2, 0) is 16.1 Å². The number of methoxy groups -OCH3 is 2. The predicted octanol–water partition coefficient (Wildman–Crippen LogP) is 3.70. The summed E-state index contributed by atoms with van der Waals surface area (Å²) >= 11 is 0. The predicted molar refractivity (Wildman–Crippen MR) is 122 cm³/mol. The van der Waals surface area contributed by atoms with Crippen LogP contribution in [0.25, 0.3) is 0 Å². The highest BCUT2D eigenvalue weighted by atomic mass is 19.1. The molecule has 0 saturated heterocycles. The quantitative estimate of drug-likeness (QED) is 0.588. The molecule has 1 aliphatic rings. The fourth-order valence-electron chi connectivity index (χ4n) is 3.88. The van der Waals surface area contributed by atoms with Crippen molar-refractivity contribution in [3.63, 3.8) is 0 Å². The third-order valence-corrected chi connectivity index (χ3v) is 5.85. The van der Waals surface area contributed by atoms with E-state index in [1.165, 1.54) is 25.2 Å². The highest BCUT2D eigenvalue weighted by Crippen LogP contribution is 2.27. The summed E-state index contributed by atoms with van der Waals surface area (Å²) in [6.07, 6.45) is 4.02. The van der Waals surface area contributed by atoms with E-state index in [-0.39, 0.29) is 25.1 Å². The number of hydrogen-bond acceptors (Lipinski definition) is 5. The van der Waals surface area contributed by atoms with Crippen molar-refractivity contribution in [2.24, 2.45) is 0 Å². The van der Waals surface area contributed by atoms with E-state index in [4.69, 9.17) is 14.2 Å². The van der Waals surface area contributed by atoms with Crippen LogP contribution >= 0.6 is 0 Å². The summed E-state index contributed by atoms with van der Waals surface area (Å²) in [7, 11) is 3.04. The van der Waals surface area contributed by atoms with Crippen LogP contribution in [0.3, 0.4) is 0 Å². The third kappa shape index (κ3) is 6.60. The molecule has 0 radical (unpaired) electrons. The second kappa shape index (κ2) is 11.5. The van der Waals surface area contributed by atoms with Crippen molar-refractivity contribution < 1.29 is 28.2 Å². The molecule has 1 N–H and O–H groups in total. The third-order valence-electron chi connectivity index (χ3n) is 5.85. The van der Waals surface area contributed by atoms with Crippen LogP contribution in [0.5, 0.6) is 17.2 Å². The van der Waals surface area contributed by atoms with Gasteiger partial charge in [0.15, 0.2) is 6.61 Å². The molecule has 0 unspecified atom stereocenters. The first-order chi connectivity index (χ1) is 15.9. The molecular weight excluding hydrogens is 427 g/mol. The first-order valence-corrected chi connectivity index (χ1v) is 11.1. The Balaban J connectivity index is 1.75. The maximum atomic E-state index is 14.3. The molecule has 1 saturated carbocycles. The van der Waals surface area contributed by atoms with E-state index in [0.717, 1.165) is 25.7 Å². The molecule has 0 bridgehead atoms. The SMILES string of the molecule is COc1cc(OC)cc(OCC(=O)N(Cc2ccccc2F)[C@@H](C)C(=O)NC2CCCC2)c1. The minimum Gasteiger partial charge on any atom is -0.496 e. The molecule has 7 nitrogen and oxygen atoms in total. The maximum absolute atomic E-state index is 14.3. The molecule has 178 valence electrons. The molecular formula is C25H31FN2O5. The van der Waals surface area contributed by atoms with Crippen molar-refractivity contribution in [3.05, 3.63) is 53.8 Å². The molecule has 8 heteroatoms. The Morgan fingerprint density at radius 1 is 1.06 bits per heavy atom. The highest BCUT2D eigenvalue weighted by Gasteiger charge is 2.29. The zero-order chi connectivity index (χ0) is 23.8. The van der Waals surface area contributed by atoms with E-state index < -0.39 is 17.8 Å². The van der Waals surface area contributed by atoms with Gasteiger partial charge in [-0.05, 0) is 25.8 Å². The van der Waals surface area contributed by atoms with E-state index in [1.807, 2.05) is 0 Å². The normalized spacial score (nSPS) is 14.4. The molecule has 2 amide bonds. The second-order valence-electron chi connectivity index (χ2n) is 8.12. The van der Waals surface area contributed by atoms with Crippen LogP contribution in [-0.4, -0.2) is 49.6 Å². The summed E-state index contributed by atoms with van der Waals surface area (Å²) in [4.78, 5) is 27.4. The van der Waals surface area contributed by atoms with Crippen LogP contribution in [0.1, 0.15) is 38.2 Å². The molecule has 3 rings (SSSR count). The lowest BCUT2D eigenvalue weighted by atomic mass is 10.1. The molecule has 2 aromatic carbocycles. The van der Waals surface area contributed by atoms with Crippen molar-refractivity contribution in [2.45, 2.75) is 51.2 Å². The van der Waals surface area contributed by atoms with Gasteiger partial charge in [0.05, 0.1) is 14.2 Å². The summed E-state index contributed by atoms with van der Waals surface area (Å²) in [5, 5.41) is 3.02. The van der Waals surface area contributed by atoms with Crippen LogP contribution in [0, 0.1) is 5.82 Å². The number of nitrogens with zero attached hydrogens (tertiary/aromatic N) is 1. The van der Waals surface area contributed by atoms with E-state index in [0.29, 0.717) is 22.8 Å². The monoisotopic (exact) mass is 458 g/mol. The largest absolute Gasteiger partial charge is 0.496 e. The molecule has 1 fully saturated rings. The topological polar surface area (TPSA) is 77.1 Å². The number of carbonyl (C=O) groups excluding carboxylic acids is 2. The Morgan fingerprint density at radius 3 is 2.27 bits per heavy atom. The Kier molecular flexibility index (Phi) is 8.52. The van der Waals surface area contributed by atoms with E-state index in [9.17, 15) is 14.0 Å². The van der Waals surface area contributed by atoms with Gasteiger partial charge in [-0.2, -0.15) is 0 Å². The van der Waals surface area contributed by atoms with Gasteiger partial charge in [-0.1, -0.05) is 31.0 Å². The molecule has 33 heavy (non-hydrogen) atoms. The van der Waals surface area contributed by atoms with E-state index >= 15 is 0 Å². The lowest BCUT2D eigenvalue weighted by Crippen LogP contribution is -2.50. The van der Waals surface area contributed by atoms with Crippen molar-refractivity contribution >= 4 is 11.8 Å². The van der Waals surface area contributed by atoms with Gasteiger partial charge in [-0.25, -0.2) is 4.39 Å². The zero-order valence-electron chi connectivity index (χ0n) is 19.3. The van der Waals surface area contributed by atoms with Gasteiger partial charge >= 0.3 is 0 Å². The summed E-state index contributed by atoms with van der Waals surface area (Å²) in [5.41, 5.74) is 0.328. The summed E-state index contributed by atoms with van der Waals surface area (Å²) in [5.74, 6) is 0.294. The number of hydrogen-bond donors (Lipinski definition) is 1. The highest BCUT2D eigenvalue weighted by molar-refractivity contribution is 5.88. The van der Waals surface area contributed by atoms with Gasteiger partial charge in [-0.15, -0.1) is 0 Å². The Morgan fingerprint density at radius 2 is 1.67 bits per heavy atom. The number of halogens is 1. The molecule has 2 aromatic rings. The lowest BCUT2D eigenvalue weighted by Gasteiger charge is -2.29. The molecule has 0 aromatic heterocycles. The number of nitrogens with one attached hydrogen (secondary N) is 1. The molecule has 0 aliphatic heterocycles. The number of carbonyl (C=O) groups is 2.